The molecule has 3 amide bonds. The van der Waals surface area contributed by atoms with Crippen molar-refractivity contribution in [3.8, 4) is 0 Å². The summed E-state index contributed by atoms with van der Waals surface area (Å²) >= 11 is 0. The van der Waals surface area contributed by atoms with E-state index in [2.05, 4.69) is 16.0 Å². The monoisotopic (exact) mass is 269 g/mol. The Balaban J connectivity index is 2.04. The van der Waals surface area contributed by atoms with Gasteiger partial charge in [0, 0.05) is 20.3 Å². The molecule has 0 aromatic carbocycles. The van der Waals surface area contributed by atoms with Gasteiger partial charge < -0.3 is 25.1 Å². The number of ether oxygens (including phenoxy) is 1. The highest BCUT2D eigenvalue weighted by atomic mass is 16.5. The molecule has 0 unspecified atom stereocenters. The van der Waals surface area contributed by atoms with E-state index in [1.165, 1.54) is 6.26 Å². The molecule has 106 valence electrons. The van der Waals surface area contributed by atoms with Crippen molar-refractivity contribution in [1.82, 2.24) is 16.0 Å². The maximum absolute atomic E-state index is 11.4. The summed E-state index contributed by atoms with van der Waals surface area (Å²) in [5.41, 5.74) is 0. The number of furan rings is 1. The van der Waals surface area contributed by atoms with E-state index in [1.807, 2.05) is 0 Å². The van der Waals surface area contributed by atoms with E-state index in [0.29, 0.717) is 25.5 Å². The maximum Gasteiger partial charge on any atom is 0.315 e. The molecule has 1 aromatic rings. The lowest BCUT2D eigenvalue weighted by Gasteiger charge is -2.07. The Morgan fingerprint density at radius 2 is 2.16 bits per heavy atom. The summed E-state index contributed by atoms with van der Waals surface area (Å²) in [6.45, 7) is 1.33. The minimum absolute atomic E-state index is 0.0726. The highest BCUT2D eigenvalue weighted by molar-refractivity contribution is 5.83. The highest BCUT2D eigenvalue weighted by Crippen LogP contribution is 1.97. The third kappa shape index (κ3) is 7.10. The minimum atomic E-state index is -0.371. The first-order valence-electron chi connectivity index (χ1n) is 6.02. The molecule has 0 aliphatic carbocycles. The van der Waals surface area contributed by atoms with Gasteiger partial charge in [0.2, 0.25) is 5.91 Å². The number of rotatable bonds is 8. The van der Waals surface area contributed by atoms with Crippen molar-refractivity contribution in [3.05, 3.63) is 24.2 Å². The Bertz CT molecular complexity index is 378. The van der Waals surface area contributed by atoms with Crippen LogP contribution < -0.4 is 16.0 Å². The van der Waals surface area contributed by atoms with Gasteiger partial charge in [-0.15, -0.1) is 0 Å². The molecule has 0 bridgehead atoms. The molecule has 0 radical (unpaired) electrons. The molecular weight excluding hydrogens is 250 g/mol. The number of urea groups is 1. The van der Waals surface area contributed by atoms with Crippen LogP contribution in [0.3, 0.4) is 0 Å². The van der Waals surface area contributed by atoms with Crippen LogP contribution in [-0.2, 0) is 16.1 Å². The number of nitrogens with one attached hydrogen (secondary N) is 3. The van der Waals surface area contributed by atoms with Gasteiger partial charge in [-0.25, -0.2) is 4.79 Å². The average Bonchev–Trinajstić information content (AvgIpc) is 2.92. The molecule has 19 heavy (non-hydrogen) atoms. The number of carbonyl (C=O) groups excluding carboxylic acids is 2. The Morgan fingerprint density at radius 1 is 1.32 bits per heavy atom. The van der Waals surface area contributed by atoms with E-state index < -0.39 is 0 Å². The van der Waals surface area contributed by atoms with Gasteiger partial charge in [-0.3, -0.25) is 4.79 Å². The summed E-state index contributed by atoms with van der Waals surface area (Å²) in [6.07, 6.45) is 2.27. The van der Waals surface area contributed by atoms with Crippen LogP contribution in [0.15, 0.2) is 22.8 Å². The SMILES string of the molecule is COCCCNC(=O)NCC(=O)NCc1ccco1. The van der Waals surface area contributed by atoms with Crippen molar-refractivity contribution in [2.45, 2.75) is 13.0 Å². The first-order valence-corrected chi connectivity index (χ1v) is 6.02. The van der Waals surface area contributed by atoms with Crippen molar-refractivity contribution in [3.63, 3.8) is 0 Å². The Hall–Kier alpha value is -2.02. The average molecular weight is 269 g/mol. The molecule has 0 aliphatic rings. The van der Waals surface area contributed by atoms with Crippen LogP contribution in [0.25, 0.3) is 0 Å². The third-order valence-corrected chi connectivity index (χ3v) is 2.26. The van der Waals surface area contributed by atoms with E-state index in [-0.39, 0.29) is 18.5 Å². The van der Waals surface area contributed by atoms with Crippen molar-refractivity contribution >= 4 is 11.9 Å². The summed E-state index contributed by atoms with van der Waals surface area (Å²) in [4.78, 5) is 22.7. The van der Waals surface area contributed by atoms with Gasteiger partial charge >= 0.3 is 6.03 Å². The Labute approximate surface area is 111 Å². The predicted octanol–water partition coefficient (Wildman–Crippen LogP) is 0.232. The summed E-state index contributed by atoms with van der Waals surface area (Å²) < 4.78 is 9.90. The molecular formula is C12H19N3O4. The standard InChI is InChI=1S/C12H19N3O4/c1-18-6-3-5-13-12(17)15-9-11(16)14-8-10-4-2-7-19-10/h2,4,7H,3,5-6,8-9H2,1H3,(H,14,16)(H2,13,15,17). The fourth-order valence-electron chi connectivity index (χ4n) is 1.30. The van der Waals surface area contributed by atoms with Crippen LogP contribution in [0.1, 0.15) is 12.2 Å². The topological polar surface area (TPSA) is 92.6 Å². The fourth-order valence-corrected chi connectivity index (χ4v) is 1.30. The first-order chi connectivity index (χ1) is 9.22. The molecule has 0 saturated carbocycles. The molecule has 7 heteroatoms. The zero-order valence-electron chi connectivity index (χ0n) is 10.9. The molecule has 0 spiro atoms. The smallest absolute Gasteiger partial charge is 0.315 e. The predicted molar refractivity (Wildman–Crippen MR) is 68.4 cm³/mol. The number of carbonyl (C=O) groups is 2. The van der Waals surface area contributed by atoms with Crippen molar-refractivity contribution in [2.75, 3.05) is 26.8 Å². The lowest BCUT2D eigenvalue weighted by molar-refractivity contribution is -0.120. The van der Waals surface area contributed by atoms with Crippen LogP contribution in [0, 0.1) is 0 Å². The lowest BCUT2D eigenvalue weighted by atomic mass is 10.4. The Kier molecular flexibility index (Phi) is 7.11. The summed E-state index contributed by atoms with van der Waals surface area (Å²) in [5.74, 6) is 0.390. The van der Waals surface area contributed by atoms with Gasteiger partial charge in [0.15, 0.2) is 0 Å². The van der Waals surface area contributed by atoms with Crippen LogP contribution >= 0.6 is 0 Å². The van der Waals surface area contributed by atoms with E-state index in [4.69, 9.17) is 9.15 Å². The zero-order chi connectivity index (χ0) is 13.9. The molecule has 0 aliphatic heterocycles. The van der Waals surface area contributed by atoms with Gasteiger partial charge in [-0.1, -0.05) is 0 Å². The van der Waals surface area contributed by atoms with Gasteiger partial charge in [0.25, 0.3) is 0 Å². The normalized spacial score (nSPS) is 9.95. The molecule has 1 aromatic heterocycles. The quantitative estimate of drug-likeness (QED) is 0.589. The second kappa shape index (κ2) is 8.98. The fraction of sp³-hybridized carbons (Fsp3) is 0.500. The third-order valence-electron chi connectivity index (χ3n) is 2.26. The van der Waals surface area contributed by atoms with E-state index in [1.54, 1.807) is 19.2 Å². The van der Waals surface area contributed by atoms with Gasteiger partial charge in [0.1, 0.15) is 5.76 Å². The lowest BCUT2D eigenvalue weighted by Crippen LogP contribution is -2.42. The number of hydrogen-bond donors (Lipinski definition) is 3. The Morgan fingerprint density at radius 3 is 2.84 bits per heavy atom. The summed E-state index contributed by atoms with van der Waals surface area (Å²) in [7, 11) is 1.60. The highest BCUT2D eigenvalue weighted by Gasteiger charge is 2.05. The molecule has 0 atom stereocenters. The van der Waals surface area contributed by atoms with E-state index >= 15 is 0 Å². The second-order valence-corrected chi connectivity index (χ2v) is 3.81. The van der Waals surface area contributed by atoms with E-state index in [0.717, 1.165) is 6.42 Å². The second-order valence-electron chi connectivity index (χ2n) is 3.81. The zero-order valence-corrected chi connectivity index (χ0v) is 10.9. The van der Waals surface area contributed by atoms with Crippen molar-refractivity contribution in [1.29, 1.82) is 0 Å². The molecule has 0 saturated heterocycles. The first kappa shape index (κ1) is 15.0. The van der Waals surface area contributed by atoms with E-state index in [9.17, 15) is 9.59 Å². The van der Waals surface area contributed by atoms with Crippen LogP contribution in [0.5, 0.6) is 0 Å². The van der Waals surface area contributed by atoms with Crippen molar-refractivity contribution in [2.24, 2.45) is 0 Å². The van der Waals surface area contributed by atoms with Gasteiger partial charge in [0.05, 0.1) is 19.4 Å². The maximum atomic E-state index is 11.4. The number of methoxy groups -OCH3 is 1. The minimum Gasteiger partial charge on any atom is -0.467 e. The molecule has 1 rings (SSSR count). The number of hydrogen-bond acceptors (Lipinski definition) is 4. The molecule has 3 N–H and O–H groups in total. The van der Waals surface area contributed by atoms with Crippen LogP contribution in [-0.4, -0.2) is 38.7 Å². The number of amides is 3. The van der Waals surface area contributed by atoms with Crippen LogP contribution in [0.4, 0.5) is 4.79 Å². The molecule has 1 heterocycles. The summed E-state index contributed by atoms with van der Waals surface area (Å²) in [6, 6.07) is 3.13. The summed E-state index contributed by atoms with van der Waals surface area (Å²) in [5, 5.41) is 7.69. The van der Waals surface area contributed by atoms with Gasteiger partial charge in [-0.2, -0.15) is 0 Å². The largest absolute Gasteiger partial charge is 0.467 e. The van der Waals surface area contributed by atoms with Gasteiger partial charge in [-0.05, 0) is 18.6 Å². The van der Waals surface area contributed by atoms with Crippen molar-refractivity contribution < 1.29 is 18.7 Å². The molecule has 7 nitrogen and oxygen atoms in total. The molecule has 0 fully saturated rings. The van der Waals surface area contributed by atoms with Crippen LogP contribution in [0.2, 0.25) is 0 Å².